The standard InChI is InChI=1S/C11H20O2/c1-3-9(2)7-11(12)10-5-4-6-13-8-10/h9-10H,3-8H2,1-2H3. The van der Waals surface area contributed by atoms with E-state index in [4.69, 9.17) is 4.74 Å². The lowest BCUT2D eigenvalue weighted by Gasteiger charge is -2.21. The fraction of sp³-hybridized carbons (Fsp3) is 0.909. The summed E-state index contributed by atoms with van der Waals surface area (Å²) in [6.45, 7) is 5.78. The highest BCUT2D eigenvalue weighted by Gasteiger charge is 2.22. The lowest BCUT2D eigenvalue weighted by atomic mass is 9.90. The number of rotatable bonds is 4. The van der Waals surface area contributed by atoms with E-state index in [1.807, 2.05) is 0 Å². The van der Waals surface area contributed by atoms with Gasteiger partial charge in [0, 0.05) is 18.9 Å². The van der Waals surface area contributed by atoms with Gasteiger partial charge in [0.2, 0.25) is 0 Å². The Bertz CT molecular complexity index is 159. The van der Waals surface area contributed by atoms with Crippen molar-refractivity contribution in [1.29, 1.82) is 0 Å². The first-order valence-electron chi connectivity index (χ1n) is 5.34. The minimum absolute atomic E-state index is 0.197. The first kappa shape index (κ1) is 10.7. The molecule has 0 amide bonds. The van der Waals surface area contributed by atoms with Crippen LogP contribution in [0.2, 0.25) is 0 Å². The second-order valence-electron chi connectivity index (χ2n) is 4.10. The maximum atomic E-state index is 11.7. The molecule has 2 nitrogen and oxygen atoms in total. The maximum Gasteiger partial charge on any atom is 0.138 e. The van der Waals surface area contributed by atoms with Gasteiger partial charge in [-0.25, -0.2) is 0 Å². The molecule has 76 valence electrons. The molecule has 1 aliphatic heterocycles. The topological polar surface area (TPSA) is 26.3 Å². The minimum Gasteiger partial charge on any atom is -0.381 e. The van der Waals surface area contributed by atoms with Gasteiger partial charge in [0.25, 0.3) is 0 Å². The zero-order valence-electron chi connectivity index (χ0n) is 8.71. The third-order valence-corrected chi connectivity index (χ3v) is 2.86. The number of ketones is 1. The Morgan fingerprint density at radius 3 is 2.92 bits per heavy atom. The zero-order chi connectivity index (χ0) is 9.68. The van der Waals surface area contributed by atoms with Crippen LogP contribution in [0.4, 0.5) is 0 Å². The van der Waals surface area contributed by atoms with Crippen molar-refractivity contribution in [3.05, 3.63) is 0 Å². The average molecular weight is 184 g/mol. The fourth-order valence-corrected chi connectivity index (χ4v) is 1.65. The molecule has 0 aromatic heterocycles. The highest BCUT2D eigenvalue weighted by atomic mass is 16.5. The lowest BCUT2D eigenvalue weighted by Crippen LogP contribution is -2.26. The lowest BCUT2D eigenvalue weighted by molar-refractivity contribution is -0.127. The van der Waals surface area contributed by atoms with Crippen LogP contribution < -0.4 is 0 Å². The summed E-state index contributed by atoms with van der Waals surface area (Å²) in [6, 6.07) is 0. The second-order valence-corrected chi connectivity index (χ2v) is 4.10. The van der Waals surface area contributed by atoms with E-state index < -0.39 is 0 Å². The molecule has 0 aromatic carbocycles. The van der Waals surface area contributed by atoms with Crippen LogP contribution in [0.1, 0.15) is 39.5 Å². The van der Waals surface area contributed by atoms with Gasteiger partial charge in [-0.1, -0.05) is 20.3 Å². The van der Waals surface area contributed by atoms with E-state index in [1.165, 1.54) is 0 Å². The summed E-state index contributed by atoms with van der Waals surface area (Å²) in [6.07, 6.45) is 3.93. The van der Waals surface area contributed by atoms with E-state index in [-0.39, 0.29) is 5.92 Å². The molecule has 2 atom stereocenters. The summed E-state index contributed by atoms with van der Waals surface area (Å²) >= 11 is 0. The van der Waals surface area contributed by atoms with Crippen molar-refractivity contribution in [2.24, 2.45) is 11.8 Å². The van der Waals surface area contributed by atoms with Crippen LogP contribution in [0.3, 0.4) is 0 Å². The van der Waals surface area contributed by atoms with Crippen molar-refractivity contribution in [2.45, 2.75) is 39.5 Å². The molecule has 0 N–H and O–H groups in total. The van der Waals surface area contributed by atoms with E-state index in [0.29, 0.717) is 18.3 Å². The second kappa shape index (κ2) is 5.38. The van der Waals surface area contributed by atoms with Gasteiger partial charge < -0.3 is 4.74 Å². The number of carbonyl (C=O) groups is 1. The minimum atomic E-state index is 0.197. The van der Waals surface area contributed by atoms with Gasteiger partial charge >= 0.3 is 0 Å². The molecule has 2 unspecified atom stereocenters. The van der Waals surface area contributed by atoms with Crippen LogP contribution in [0.15, 0.2) is 0 Å². The smallest absolute Gasteiger partial charge is 0.138 e. The number of Topliss-reactive ketones (excluding diaryl/α,β-unsaturated/α-hetero) is 1. The number of ether oxygens (including phenoxy) is 1. The largest absolute Gasteiger partial charge is 0.381 e. The molecule has 1 fully saturated rings. The molecule has 1 rings (SSSR count). The molecule has 1 heterocycles. The number of hydrogen-bond acceptors (Lipinski definition) is 2. The van der Waals surface area contributed by atoms with Crippen molar-refractivity contribution in [1.82, 2.24) is 0 Å². The van der Waals surface area contributed by atoms with Crippen LogP contribution in [-0.4, -0.2) is 19.0 Å². The molecule has 0 aromatic rings. The summed E-state index contributed by atoms with van der Waals surface area (Å²) in [5.74, 6) is 1.14. The van der Waals surface area contributed by atoms with Crippen LogP contribution in [0.5, 0.6) is 0 Å². The van der Waals surface area contributed by atoms with Gasteiger partial charge in [-0.15, -0.1) is 0 Å². The van der Waals surface area contributed by atoms with Crippen LogP contribution in [0.25, 0.3) is 0 Å². The SMILES string of the molecule is CCC(C)CC(=O)C1CCCOC1. The predicted molar refractivity (Wildman–Crippen MR) is 52.6 cm³/mol. The third-order valence-electron chi connectivity index (χ3n) is 2.86. The van der Waals surface area contributed by atoms with E-state index in [2.05, 4.69) is 13.8 Å². The molecule has 0 saturated carbocycles. The van der Waals surface area contributed by atoms with Gasteiger partial charge in [-0.2, -0.15) is 0 Å². The van der Waals surface area contributed by atoms with E-state index in [1.54, 1.807) is 0 Å². The summed E-state index contributed by atoms with van der Waals surface area (Å²) in [7, 11) is 0. The molecule has 13 heavy (non-hydrogen) atoms. The summed E-state index contributed by atoms with van der Waals surface area (Å²) in [5, 5.41) is 0. The molecule has 0 aliphatic carbocycles. The molecule has 0 spiro atoms. The normalized spacial score (nSPS) is 25.5. The highest BCUT2D eigenvalue weighted by Crippen LogP contribution is 2.19. The van der Waals surface area contributed by atoms with Crippen LogP contribution in [0, 0.1) is 11.8 Å². The summed E-state index contributed by atoms with van der Waals surface area (Å²) in [5.41, 5.74) is 0. The van der Waals surface area contributed by atoms with Gasteiger partial charge in [-0.3, -0.25) is 4.79 Å². The Labute approximate surface area is 80.7 Å². The van der Waals surface area contributed by atoms with Gasteiger partial charge in [0.15, 0.2) is 0 Å². The van der Waals surface area contributed by atoms with E-state index in [9.17, 15) is 4.79 Å². The highest BCUT2D eigenvalue weighted by molar-refractivity contribution is 5.81. The Morgan fingerprint density at radius 2 is 2.38 bits per heavy atom. The van der Waals surface area contributed by atoms with Gasteiger partial charge in [0.05, 0.1) is 6.61 Å². The molecule has 1 saturated heterocycles. The van der Waals surface area contributed by atoms with Crippen molar-refractivity contribution < 1.29 is 9.53 Å². The van der Waals surface area contributed by atoms with E-state index >= 15 is 0 Å². The Balaban J connectivity index is 2.29. The quantitative estimate of drug-likeness (QED) is 0.670. The molecule has 0 radical (unpaired) electrons. The fourth-order valence-electron chi connectivity index (χ4n) is 1.65. The van der Waals surface area contributed by atoms with Crippen LogP contribution >= 0.6 is 0 Å². The molecular weight excluding hydrogens is 164 g/mol. The number of hydrogen-bond donors (Lipinski definition) is 0. The van der Waals surface area contributed by atoms with Crippen molar-refractivity contribution >= 4 is 5.78 Å². The maximum absolute atomic E-state index is 11.7. The summed E-state index contributed by atoms with van der Waals surface area (Å²) in [4.78, 5) is 11.7. The van der Waals surface area contributed by atoms with Crippen LogP contribution in [-0.2, 0) is 9.53 Å². The average Bonchev–Trinajstić information content (AvgIpc) is 2.19. The van der Waals surface area contributed by atoms with Gasteiger partial charge in [-0.05, 0) is 18.8 Å². The van der Waals surface area contributed by atoms with Crippen molar-refractivity contribution in [3.63, 3.8) is 0 Å². The molecular formula is C11H20O2. The molecule has 0 bridgehead atoms. The third kappa shape index (κ3) is 3.47. The Hall–Kier alpha value is -0.370. The summed E-state index contributed by atoms with van der Waals surface area (Å²) < 4.78 is 5.30. The van der Waals surface area contributed by atoms with E-state index in [0.717, 1.165) is 32.3 Å². The van der Waals surface area contributed by atoms with Crippen molar-refractivity contribution in [3.8, 4) is 0 Å². The first-order valence-corrected chi connectivity index (χ1v) is 5.34. The Morgan fingerprint density at radius 1 is 1.62 bits per heavy atom. The zero-order valence-corrected chi connectivity index (χ0v) is 8.71. The number of carbonyl (C=O) groups excluding carboxylic acids is 1. The predicted octanol–water partition coefficient (Wildman–Crippen LogP) is 2.42. The van der Waals surface area contributed by atoms with Gasteiger partial charge in [0.1, 0.15) is 5.78 Å². The molecule has 1 aliphatic rings. The van der Waals surface area contributed by atoms with Crippen molar-refractivity contribution in [2.75, 3.05) is 13.2 Å². The Kier molecular flexibility index (Phi) is 4.43. The molecule has 2 heteroatoms. The monoisotopic (exact) mass is 184 g/mol. The first-order chi connectivity index (χ1) is 6.24.